The molecule has 0 aliphatic heterocycles. The number of nitrogens with one attached hydrogen (secondary N) is 2. The first kappa shape index (κ1) is 16.5. The van der Waals surface area contributed by atoms with E-state index in [-0.39, 0.29) is 11.7 Å². The maximum absolute atomic E-state index is 10.6. The molecule has 2 rings (SSSR count). The van der Waals surface area contributed by atoms with Gasteiger partial charge in [0.05, 0.1) is 11.0 Å². The molecule has 23 heavy (non-hydrogen) atoms. The van der Waals surface area contributed by atoms with Gasteiger partial charge >= 0.3 is 0 Å². The summed E-state index contributed by atoms with van der Waals surface area (Å²) >= 11 is 0. The number of hydrogen-bond acceptors (Lipinski definition) is 4. The van der Waals surface area contributed by atoms with Gasteiger partial charge in [-0.3, -0.25) is 15.1 Å². The Morgan fingerprint density at radius 2 is 2.00 bits per heavy atom. The van der Waals surface area contributed by atoms with Crippen LogP contribution in [0.25, 0.3) is 0 Å². The highest BCUT2D eigenvalue weighted by Crippen LogP contribution is 2.15. The van der Waals surface area contributed by atoms with Crippen molar-refractivity contribution in [2.24, 2.45) is 4.99 Å². The van der Waals surface area contributed by atoms with Crippen molar-refractivity contribution >= 4 is 11.6 Å². The van der Waals surface area contributed by atoms with Crippen LogP contribution in [0.2, 0.25) is 0 Å². The summed E-state index contributed by atoms with van der Waals surface area (Å²) in [7, 11) is 1.69. The van der Waals surface area contributed by atoms with Crippen LogP contribution in [0, 0.1) is 17.0 Å². The average molecular weight is 316 g/mol. The molecule has 0 aliphatic rings. The Kier molecular flexibility index (Phi) is 5.35. The summed E-state index contributed by atoms with van der Waals surface area (Å²) in [5, 5.41) is 17.0. The van der Waals surface area contributed by atoms with Crippen LogP contribution >= 0.6 is 0 Å². The molecule has 2 N–H and O–H groups in total. The number of nitro groups is 1. The molecule has 2 aromatic rings. The summed E-state index contributed by atoms with van der Waals surface area (Å²) in [5.41, 5.74) is 1.01. The van der Waals surface area contributed by atoms with Gasteiger partial charge in [-0.2, -0.15) is 0 Å². The van der Waals surface area contributed by atoms with Gasteiger partial charge < -0.3 is 15.1 Å². The number of furan rings is 1. The SMILES string of the molecule is CN=C(NCc1ccc([N+](=O)[O-])cc1)NC(C)c1ccc(C)o1. The molecule has 1 aromatic heterocycles. The number of nitro benzene ring substituents is 1. The highest BCUT2D eigenvalue weighted by molar-refractivity contribution is 5.80. The molecule has 0 saturated carbocycles. The average Bonchev–Trinajstić information content (AvgIpc) is 2.98. The number of hydrogen-bond donors (Lipinski definition) is 2. The Balaban J connectivity index is 1.91. The van der Waals surface area contributed by atoms with E-state index in [1.54, 1.807) is 19.2 Å². The summed E-state index contributed by atoms with van der Waals surface area (Å²) in [6.07, 6.45) is 0. The minimum absolute atomic E-state index is 0.0215. The van der Waals surface area contributed by atoms with E-state index >= 15 is 0 Å². The molecule has 0 spiro atoms. The van der Waals surface area contributed by atoms with E-state index in [2.05, 4.69) is 15.6 Å². The van der Waals surface area contributed by atoms with Gasteiger partial charge in [0.2, 0.25) is 0 Å². The zero-order valence-electron chi connectivity index (χ0n) is 13.4. The zero-order valence-corrected chi connectivity index (χ0v) is 13.4. The topological polar surface area (TPSA) is 92.7 Å². The van der Waals surface area contributed by atoms with Gasteiger partial charge in [0.1, 0.15) is 11.5 Å². The van der Waals surface area contributed by atoms with E-state index in [1.807, 2.05) is 26.0 Å². The van der Waals surface area contributed by atoms with E-state index in [1.165, 1.54) is 12.1 Å². The van der Waals surface area contributed by atoms with Crippen LogP contribution in [0.3, 0.4) is 0 Å². The molecule has 0 aliphatic carbocycles. The van der Waals surface area contributed by atoms with Crippen LogP contribution in [0.15, 0.2) is 45.8 Å². The summed E-state index contributed by atoms with van der Waals surface area (Å²) in [4.78, 5) is 14.4. The summed E-state index contributed by atoms with van der Waals surface area (Å²) in [6.45, 7) is 4.40. The van der Waals surface area contributed by atoms with Gasteiger partial charge in [0.15, 0.2) is 5.96 Å². The second-order valence-corrected chi connectivity index (χ2v) is 5.16. The first-order valence-electron chi connectivity index (χ1n) is 7.26. The van der Waals surface area contributed by atoms with Crippen molar-refractivity contribution in [1.29, 1.82) is 0 Å². The predicted octanol–water partition coefficient (Wildman–Crippen LogP) is 2.92. The molecule has 122 valence electrons. The number of nitrogens with zero attached hydrogens (tertiary/aromatic N) is 2. The second-order valence-electron chi connectivity index (χ2n) is 5.16. The largest absolute Gasteiger partial charge is 0.464 e. The van der Waals surface area contributed by atoms with Crippen LogP contribution in [0.5, 0.6) is 0 Å². The number of guanidine groups is 1. The number of benzene rings is 1. The Labute approximate surface area is 134 Å². The smallest absolute Gasteiger partial charge is 0.269 e. The highest BCUT2D eigenvalue weighted by Gasteiger charge is 2.11. The predicted molar refractivity (Wildman–Crippen MR) is 88.3 cm³/mol. The lowest BCUT2D eigenvalue weighted by Gasteiger charge is -2.16. The third-order valence-electron chi connectivity index (χ3n) is 3.37. The van der Waals surface area contributed by atoms with Crippen LogP contribution in [-0.2, 0) is 6.54 Å². The first-order valence-corrected chi connectivity index (χ1v) is 7.26. The Hall–Kier alpha value is -2.83. The van der Waals surface area contributed by atoms with Crippen molar-refractivity contribution in [3.8, 4) is 0 Å². The zero-order chi connectivity index (χ0) is 16.8. The molecule has 0 amide bonds. The van der Waals surface area contributed by atoms with Crippen LogP contribution in [0.1, 0.15) is 30.0 Å². The van der Waals surface area contributed by atoms with E-state index in [0.717, 1.165) is 17.1 Å². The number of aryl methyl sites for hydroxylation is 1. The molecule has 1 unspecified atom stereocenters. The summed E-state index contributed by atoms with van der Waals surface area (Å²) in [5.74, 6) is 2.33. The van der Waals surface area contributed by atoms with Crippen LogP contribution in [0.4, 0.5) is 5.69 Å². The third kappa shape index (κ3) is 4.57. The maximum atomic E-state index is 10.6. The van der Waals surface area contributed by atoms with Crippen molar-refractivity contribution < 1.29 is 9.34 Å². The van der Waals surface area contributed by atoms with E-state index in [9.17, 15) is 10.1 Å². The number of rotatable bonds is 5. The molecule has 7 nitrogen and oxygen atoms in total. The standard InChI is InChI=1S/C16H20N4O3/c1-11-4-9-15(23-11)12(2)19-16(17-3)18-10-13-5-7-14(8-6-13)20(21)22/h4-9,12H,10H2,1-3H3,(H2,17,18,19). The van der Waals surface area contributed by atoms with Gasteiger partial charge in [-0.05, 0) is 31.5 Å². The molecule has 1 heterocycles. The molecular weight excluding hydrogens is 296 g/mol. The summed E-state index contributed by atoms with van der Waals surface area (Å²) < 4.78 is 5.58. The molecule has 1 aromatic carbocycles. The monoisotopic (exact) mass is 316 g/mol. The van der Waals surface area contributed by atoms with Gasteiger partial charge in [-0.1, -0.05) is 12.1 Å². The fraction of sp³-hybridized carbons (Fsp3) is 0.312. The third-order valence-corrected chi connectivity index (χ3v) is 3.37. The number of non-ortho nitro benzene ring substituents is 1. The Bertz CT molecular complexity index is 692. The molecular formula is C16H20N4O3. The van der Waals surface area contributed by atoms with Crippen LogP contribution < -0.4 is 10.6 Å². The molecule has 7 heteroatoms. The van der Waals surface area contributed by atoms with Gasteiger partial charge in [0, 0.05) is 25.7 Å². The van der Waals surface area contributed by atoms with Crippen molar-refractivity contribution in [1.82, 2.24) is 10.6 Å². The maximum Gasteiger partial charge on any atom is 0.269 e. The van der Waals surface area contributed by atoms with Crippen molar-refractivity contribution in [2.75, 3.05) is 7.05 Å². The summed E-state index contributed by atoms with van der Waals surface area (Å²) in [6, 6.07) is 10.2. The van der Waals surface area contributed by atoms with Gasteiger partial charge in [-0.15, -0.1) is 0 Å². The van der Waals surface area contributed by atoms with Crippen molar-refractivity contribution in [3.63, 3.8) is 0 Å². The normalized spacial score (nSPS) is 12.7. The molecule has 0 fully saturated rings. The number of aliphatic imine (C=N–C) groups is 1. The Morgan fingerprint density at radius 3 is 2.52 bits per heavy atom. The van der Waals surface area contributed by atoms with Crippen LogP contribution in [-0.4, -0.2) is 17.9 Å². The first-order chi connectivity index (χ1) is 11.0. The van der Waals surface area contributed by atoms with E-state index in [4.69, 9.17) is 4.42 Å². The Morgan fingerprint density at radius 1 is 1.30 bits per heavy atom. The van der Waals surface area contributed by atoms with Crippen molar-refractivity contribution in [3.05, 3.63) is 63.6 Å². The minimum atomic E-state index is -0.412. The molecule has 0 saturated heterocycles. The van der Waals surface area contributed by atoms with Gasteiger partial charge in [0.25, 0.3) is 5.69 Å². The lowest BCUT2D eigenvalue weighted by Crippen LogP contribution is -2.38. The lowest BCUT2D eigenvalue weighted by atomic mass is 10.2. The second kappa shape index (κ2) is 7.44. The minimum Gasteiger partial charge on any atom is -0.464 e. The lowest BCUT2D eigenvalue weighted by molar-refractivity contribution is -0.384. The van der Waals surface area contributed by atoms with E-state index in [0.29, 0.717) is 12.5 Å². The fourth-order valence-electron chi connectivity index (χ4n) is 2.08. The van der Waals surface area contributed by atoms with Gasteiger partial charge in [-0.25, -0.2) is 0 Å². The fourth-order valence-corrected chi connectivity index (χ4v) is 2.08. The molecule has 0 radical (unpaired) electrons. The molecule has 0 bridgehead atoms. The highest BCUT2D eigenvalue weighted by atomic mass is 16.6. The van der Waals surface area contributed by atoms with Crippen molar-refractivity contribution in [2.45, 2.75) is 26.4 Å². The molecule has 1 atom stereocenters. The quantitative estimate of drug-likeness (QED) is 0.383. The van der Waals surface area contributed by atoms with E-state index < -0.39 is 4.92 Å².